The average molecular weight is 201 g/mol. The summed E-state index contributed by atoms with van der Waals surface area (Å²) in [5.74, 6) is 2.13. The third kappa shape index (κ3) is 2.20. The Labute approximate surface area is 84.8 Å². The molecule has 2 rings (SSSR count). The van der Waals surface area contributed by atoms with E-state index in [1.54, 1.807) is 0 Å². The molecule has 0 aromatic carbocycles. The number of hydrogen-bond donors (Lipinski definition) is 1. The van der Waals surface area contributed by atoms with Crippen LogP contribution in [0.25, 0.3) is 0 Å². The van der Waals surface area contributed by atoms with Gasteiger partial charge in [0.05, 0.1) is 11.0 Å². The van der Waals surface area contributed by atoms with Gasteiger partial charge in [-0.2, -0.15) is 0 Å². The molecular formula is C10H19NOS. The second-order valence-corrected chi connectivity index (χ2v) is 5.83. The van der Waals surface area contributed by atoms with E-state index in [0.29, 0.717) is 11.0 Å². The monoisotopic (exact) mass is 201 g/mol. The summed E-state index contributed by atoms with van der Waals surface area (Å²) in [6.45, 7) is 6.60. The van der Waals surface area contributed by atoms with E-state index in [-0.39, 0.29) is 0 Å². The first-order chi connectivity index (χ1) is 6.20. The molecule has 3 unspecified atom stereocenters. The zero-order valence-electron chi connectivity index (χ0n) is 8.51. The third-order valence-electron chi connectivity index (χ3n) is 2.94. The number of ether oxygens (including phenoxy) is 1. The van der Waals surface area contributed by atoms with Crippen molar-refractivity contribution in [1.82, 2.24) is 5.32 Å². The minimum absolute atomic E-state index is 0.351. The first kappa shape index (κ1) is 9.81. The molecule has 1 spiro atoms. The normalized spacial score (nSPS) is 46.6. The second kappa shape index (κ2) is 3.79. The maximum atomic E-state index is 5.58. The Morgan fingerprint density at radius 1 is 1.46 bits per heavy atom. The lowest BCUT2D eigenvalue weighted by Crippen LogP contribution is -2.53. The minimum atomic E-state index is 0.351. The van der Waals surface area contributed by atoms with Crippen molar-refractivity contribution in [1.29, 1.82) is 0 Å². The fraction of sp³-hybridized carbons (Fsp3) is 1.00. The summed E-state index contributed by atoms with van der Waals surface area (Å²) in [4.78, 5) is 0.351. The number of nitrogens with one attached hydrogen (secondary N) is 1. The Bertz CT molecular complexity index is 178. The first-order valence-electron chi connectivity index (χ1n) is 5.21. The highest BCUT2D eigenvalue weighted by Crippen LogP contribution is 2.38. The van der Waals surface area contributed by atoms with E-state index in [9.17, 15) is 0 Å². The number of hydrogen-bond acceptors (Lipinski definition) is 3. The predicted molar refractivity (Wildman–Crippen MR) is 57.0 cm³/mol. The molecule has 3 atom stereocenters. The third-order valence-corrected chi connectivity index (χ3v) is 4.75. The van der Waals surface area contributed by atoms with Crippen LogP contribution in [0, 0.1) is 5.92 Å². The molecule has 1 N–H and O–H groups in total. The SMILES string of the molecule is CC1CNC2(CCOC(C)C2)SC1. The molecule has 2 nitrogen and oxygen atoms in total. The van der Waals surface area contributed by atoms with Crippen molar-refractivity contribution in [2.45, 2.75) is 37.7 Å². The van der Waals surface area contributed by atoms with Crippen molar-refractivity contribution in [3.63, 3.8) is 0 Å². The summed E-state index contributed by atoms with van der Waals surface area (Å²) >= 11 is 2.11. The van der Waals surface area contributed by atoms with Crippen molar-refractivity contribution in [3.8, 4) is 0 Å². The van der Waals surface area contributed by atoms with Gasteiger partial charge in [-0.1, -0.05) is 6.92 Å². The summed E-state index contributed by atoms with van der Waals surface area (Å²) in [6, 6.07) is 0. The molecule has 0 amide bonds. The van der Waals surface area contributed by atoms with Gasteiger partial charge in [0, 0.05) is 13.0 Å². The number of thioether (sulfide) groups is 1. The Morgan fingerprint density at radius 3 is 2.92 bits per heavy atom. The van der Waals surface area contributed by atoms with Gasteiger partial charge in [0.15, 0.2) is 0 Å². The Balaban J connectivity index is 1.95. The molecule has 0 saturated carbocycles. The fourth-order valence-corrected chi connectivity index (χ4v) is 3.60. The molecule has 76 valence electrons. The molecule has 2 aliphatic rings. The fourth-order valence-electron chi connectivity index (χ4n) is 2.11. The van der Waals surface area contributed by atoms with Crippen LogP contribution < -0.4 is 5.32 Å². The predicted octanol–water partition coefficient (Wildman–Crippen LogP) is 1.85. The average Bonchev–Trinajstić information content (AvgIpc) is 2.11. The Hall–Kier alpha value is 0.270. The van der Waals surface area contributed by atoms with E-state index in [1.807, 2.05) is 0 Å². The standard InChI is InChI=1S/C10H19NOS/c1-8-6-11-10(13-7-8)3-4-12-9(2)5-10/h8-9,11H,3-7H2,1-2H3. The molecule has 13 heavy (non-hydrogen) atoms. The van der Waals surface area contributed by atoms with Gasteiger partial charge in [-0.3, -0.25) is 0 Å². The molecule has 3 heteroatoms. The van der Waals surface area contributed by atoms with Crippen molar-refractivity contribution in [2.24, 2.45) is 5.92 Å². The molecule has 0 radical (unpaired) electrons. The molecule has 0 bridgehead atoms. The molecule has 2 heterocycles. The van der Waals surface area contributed by atoms with Crippen LogP contribution in [0.5, 0.6) is 0 Å². The molecule has 2 aliphatic heterocycles. The lowest BCUT2D eigenvalue weighted by molar-refractivity contribution is 0.00397. The smallest absolute Gasteiger partial charge is 0.0692 e. The van der Waals surface area contributed by atoms with Crippen molar-refractivity contribution >= 4 is 11.8 Å². The highest BCUT2D eigenvalue weighted by atomic mass is 32.2. The topological polar surface area (TPSA) is 21.3 Å². The molecule has 0 aliphatic carbocycles. The van der Waals surface area contributed by atoms with E-state index in [2.05, 4.69) is 30.9 Å². The summed E-state index contributed by atoms with van der Waals surface area (Å²) < 4.78 is 5.58. The van der Waals surface area contributed by atoms with Gasteiger partial charge in [-0.05, 0) is 31.6 Å². The van der Waals surface area contributed by atoms with Crippen LogP contribution in [-0.2, 0) is 4.74 Å². The summed E-state index contributed by atoms with van der Waals surface area (Å²) in [7, 11) is 0. The van der Waals surface area contributed by atoms with Gasteiger partial charge in [0.1, 0.15) is 0 Å². The largest absolute Gasteiger partial charge is 0.378 e. The van der Waals surface area contributed by atoms with Gasteiger partial charge in [0.25, 0.3) is 0 Å². The molecular weight excluding hydrogens is 182 g/mol. The molecule has 0 aromatic heterocycles. The van der Waals surface area contributed by atoms with E-state index in [1.165, 1.54) is 25.1 Å². The molecule has 2 fully saturated rings. The Morgan fingerprint density at radius 2 is 2.31 bits per heavy atom. The lowest BCUT2D eigenvalue weighted by Gasteiger charge is -2.44. The second-order valence-electron chi connectivity index (χ2n) is 4.43. The van der Waals surface area contributed by atoms with E-state index in [4.69, 9.17) is 4.74 Å². The quantitative estimate of drug-likeness (QED) is 0.646. The van der Waals surface area contributed by atoms with Crippen molar-refractivity contribution in [2.75, 3.05) is 18.9 Å². The summed E-state index contributed by atoms with van der Waals surface area (Å²) in [5.41, 5.74) is 0. The van der Waals surface area contributed by atoms with Crippen LogP contribution in [0.4, 0.5) is 0 Å². The Kier molecular flexibility index (Phi) is 2.86. The van der Waals surface area contributed by atoms with Gasteiger partial charge in [-0.15, -0.1) is 11.8 Å². The van der Waals surface area contributed by atoms with Gasteiger partial charge in [-0.25, -0.2) is 0 Å². The zero-order valence-corrected chi connectivity index (χ0v) is 9.32. The maximum Gasteiger partial charge on any atom is 0.0692 e. The van der Waals surface area contributed by atoms with Crippen LogP contribution in [0.1, 0.15) is 26.7 Å². The van der Waals surface area contributed by atoms with Crippen LogP contribution in [-0.4, -0.2) is 29.9 Å². The van der Waals surface area contributed by atoms with Gasteiger partial charge in [0.2, 0.25) is 0 Å². The number of rotatable bonds is 0. The van der Waals surface area contributed by atoms with E-state index in [0.717, 1.165) is 12.5 Å². The van der Waals surface area contributed by atoms with Crippen LogP contribution in [0.15, 0.2) is 0 Å². The lowest BCUT2D eigenvalue weighted by atomic mass is 10.0. The highest BCUT2D eigenvalue weighted by molar-refractivity contribution is 8.00. The molecule has 0 aromatic rings. The van der Waals surface area contributed by atoms with Crippen LogP contribution in [0.2, 0.25) is 0 Å². The van der Waals surface area contributed by atoms with Crippen molar-refractivity contribution < 1.29 is 4.74 Å². The summed E-state index contributed by atoms with van der Waals surface area (Å²) in [6.07, 6.45) is 2.78. The van der Waals surface area contributed by atoms with Gasteiger partial charge >= 0.3 is 0 Å². The zero-order chi connectivity index (χ0) is 9.31. The molecule has 2 saturated heterocycles. The summed E-state index contributed by atoms with van der Waals surface area (Å²) in [5, 5.41) is 3.70. The van der Waals surface area contributed by atoms with Crippen molar-refractivity contribution in [3.05, 3.63) is 0 Å². The minimum Gasteiger partial charge on any atom is -0.378 e. The maximum absolute atomic E-state index is 5.58. The van der Waals surface area contributed by atoms with E-state index < -0.39 is 0 Å². The van der Waals surface area contributed by atoms with Gasteiger partial charge < -0.3 is 10.1 Å². The van der Waals surface area contributed by atoms with Crippen LogP contribution >= 0.6 is 11.8 Å². The first-order valence-corrected chi connectivity index (χ1v) is 6.19. The van der Waals surface area contributed by atoms with Crippen LogP contribution in [0.3, 0.4) is 0 Å². The van der Waals surface area contributed by atoms with E-state index >= 15 is 0 Å². The highest BCUT2D eigenvalue weighted by Gasteiger charge is 2.38.